The van der Waals surface area contributed by atoms with Crippen molar-refractivity contribution < 1.29 is 14.6 Å². The van der Waals surface area contributed by atoms with E-state index in [0.29, 0.717) is 17.9 Å². The molecule has 0 spiro atoms. The predicted molar refractivity (Wildman–Crippen MR) is 105 cm³/mol. The number of aliphatic hydroxyl groups is 1. The lowest BCUT2D eigenvalue weighted by Gasteiger charge is -2.19. The van der Waals surface area contributed by atoms with Crippen LogP contribution in [0.4, 0.5) is 5.69 Å². The summed E-state index contributed by atoms with van der Waals surface area (Å²) >= 11 is 0. The zero-order valence-electron chi connectivity index (χ0n) is 15.5. The maximum absolute atomic E-state index is 12.2. The zero-order valence-corrected chi connectivity index (χ0v) is 15.5. The average molecular weight is 351 g/mol. The molecule has 4 heteroatoms. The molecule has 0 fully saturated rings. The summed E-state index contributed by atoms with van der Waals surface area (Å²) in [6.45, 7) is 7.10. The van der Waals surface area contributed by atoms with Gasteiger partial charge >= 0.3 is 0 Å². The molecule has 2 aromatic carbocycles. The Hall–Kier alpha value is -2.75. The van der Waals surface area contributed by atoms with Crippen molar-refractivity contribution in [3.05, 3.63) is 65.2 Å². The van der Waals surface area contributed by atoms with Crippen molar-refractivity contribution in [2.75, 3.05) is 11.9 Å². The number of anilines is 1. The molecular weight excluding hydrogens is 326 g/mol. The van der Waals surface area contributed by atoms with Crippen LogP contribution in [0.25, 0.3) is 5.76 Å². The standard InChI is InChI=1S/C22H25NO3/c1-22(2,3)17-9-6-15(7-10-17)19(24)14-21(25)23-18-11-8-16-5-4-12-26-20(16)13-18/h6-11,13-14,24H,4-5,12H2,1-3H3,(H,23,25)/b19-14-. The smallest absolute Gasteiger partial charge is 0.252 e. The van der Waals surface area contributed by atoms with Gasteiger partial charge < -0.3 is 15.2 Å². The molecule has 1 aliphatic rings. The molecular formula is C22H25NO3. The summed E-state index contributed by atoms with van der Waals surface area (Å²) in [4.78, 5) is 12.2. The quantitative estimate of drug-likeness (QED) is 0.614. The molecule has 0 unspecified atom stereocenters. The highest BCUT2D eigenvalue weighted by Gasteiger charge is 2.14. The molecule has 0 atom stereocenters. The van der Waals surface area contributed by atoms with Crippen molar-refractivity contribution in [3.63, 3.8) is 0 Å². The van der Waals surface area contributed by atoms with Gasteiger partial charge in [-0.2, -0.15) is 0 Å². The van der Waals surface area contributed by atoms with E-state index in [1.807, 2.05) is 42.5 Å². The van der Waals surface area contributed by atoms with Gasteiger partial charge in [0.15, 0.2) is 0 Å². The fraction of sp³-hybridized carbons (Fsp3) is 0.318. The van der Waals surface area contributed by atoms with Gasteiger partial charge in [-0.3, -0.25) is 4.79 Å². The molecule has 2 N–H and O–H groups in total. The third-order valence-electron chi connectivity index (χ3n) is 4.50. The van der Waals surface area contributed by atoms with Gasteiger partial charge in [-0.25, -0.2) is 0 Å². The summed E-state index contributed by atoms with van der Waals surface area (Å²) < 4.78 is 5.62. The molecule has 136 valence electrons. The zero-order chi connectivity index (χ0) is 18.7. The lowest BCUT2D eigenvalue weighted by molar-refractivity contribution is -0.111. The molecule has 1 amide bonds. The minimum atomic E-state index is -0.377. The molecule has 0 aromatic heterocycles. The van der Waals surface area contributed by atoms with Crippen LogP contribution in [0.1, 0.15) is 43.9 Å². The third kappa shape index (κ3) is 4.26. The highest BCUT2D eigenvalue weighted by Crippen LogP contribution is 2.28. The first kappa shape index (κ1) is 18.1. The number of hydrogen-bond donors (Lipinski definition) is 2. The van der Waals surface area contributed by atoms with Gasteiger partial charge in [0, 0.05) is 23.4 Å². The Labute approximate surface area is 154 Å². The number of amides is 1. The van der Waals surface area contributed by atoms with Gasteiger partial charge in [-0.1, -0.05) is 51.1 Å². The second-order valence-electron chi connectivity index (χ2n) is 7.62. The molecule has 1 aliphatic heterocycles. The van der Waals surface area contributed by atoms with Crippen LogP contribution in [0.3, 0.4) is 0 Å². The van der Waals surface area contributed by atoms with Crippen LogP contribution in [0, 0.1) is 0 Å². The number of nitrogens with one attached hydrogen (secondary N) is 1. The summed E-state index contributed by atoms with van der Waals surface area (Å²) in [5.41, 5.74) is 3.65. The molecule has 0 saturated carbocycles. The molecule has 2 aromatic rings. The van der Waals surface area contributed by atoms with Crippen molar-refractivity contribution >= 4 is 17.4 Å². The van der Waals surface area contributed by atoms with Crippen molar-refractivity contribution in [1.82, 2.24) is 0 Å². The van der Waals surface area contributed by atoms with E-state index >= 15 is 0 Å². The first-order chi connectivity index (χ1) is 12.3. The Kier molecular flexibility index (Phi) is 5.03. The van der Waals surface area contributed by atoms with E-state index in [-0.39, 0.29) is 17.1 Å². The first-order valence-electron chi connectivity index (χ1n) is 8.91. The second kappa shape index (κ2) is 7.24. The van der Waals surface area contributed by atoms with Crippen LogP contribution in [-0.4, -0.2) is 17.6 Å². The maximum atomic E-state index is 12.2. The fourth-order valence-corrected chi connectivity index (χ4v) is 2.94. The van der Waals surface area contributed by atoms with Crippen LogP contribution in [-0.2, 0) is 16.6 Å². The summed E-state index contributed by atoms with van der Waals surface area (Å²) in [6, 6.07) is 13.2. The van der Waals surface area contributed by atoms with Gasteiger partial charge in [0.1, 0.15) is 11.5 Å². The van der Waals surface area contributed by atoms with Crippen LogP contribution in [0.15, 0.2) is 48.5 Å². The Morgan fingerprint density at radius 1 is 1.15 bits per heavy atom. The van der Waals surface area contributed by atoms with Crippen molar-refractivity contribution in [1.29, 1.82) is 0 Å². The SMILES string of the molecule is CC(C)(C)c1ccc(/C(O)=C/C(=O)Nc2ccc3c(c2)OCCC3)cc1. The van der Waals surface area contributed by atoms with Crippen molar-refractivity contribution in [2.24, 2.45) is 0 Å². The summed E-state index contributed by atoms with van der Waals surface area (Å²) in [5.74, 6) is 0.385. The summed E-state index contributed by atoms with van der Waals surface area (Å²) in [6.07, 6.45) is 3.21. The maximum Gasteiger partial charge on any atom is 0.252 e. The van der Waals surface area contributed by atoms with Gasteiger partial charge in [0.05, 0.1) is 6.61 Å². The van der Waals surface area contributed by atoms with E-state index in [4.69, 9.17) is 4.74 Å². The molecule has 3 rings (SSSR count). The van der Waals surface area contributed by atoms with Gasteiger partial charge in [0.2, 0.25) is 0 Å². The molecule has 4 nitrogen and oxygen atoms in total. The minimum absolute atomic E-state index is 0.0454. The highest BCUT2D eigenvalue weighted by molar-refractivity contribution is 6.03. The lowest BCUT2D eigenvalue weighted by Crippen LogP contribution is -2.12. The topological polar surface area (TPSA) is 58.6 Å². The van der Waals surface area contributed by atoms with E-state index in [0.717, 1.165) is 24.2 Å². The largest absolute Gasteiger partial charge is 0.507 e. The van der Waals surface area contributed by atoms with Gasteiger partial charge in [-0.15, -0.1) is 0 Å². The number of carbonyl (C=O) groups is 1. The van der Waals surface area contributed by atoms with Gasteiger partial charge in [0.25, 0.3) is 5.91 Å². The number of ether oxygens (including phenoxy) is 1. The number of aliphatic hydroxyl groups excluding tert-OH is 1. The Balaban J connectivity index is 1.70. The third-order valence-corrected chi connectivity index (χ3v) is 4.50. The van der Waals surface area contributed by atoms with E-state index in [1.54, 1.807) is 0 Å². The molecule has 0 saturated heterocycles. The Bertz CT molecular complexity index is 829. The lowest BCUT2D eigenvalue weighted by atomic mass is 9.86. The fourth-order valence-electron chi connectivity index (χ4n) is 2.94. The molecule has 0 aliphatic carbocycles. The first-order valence-corrected chi connectivity index (χ1v) is 8.91. The van der Waals surface area contributed by atoms with Crippen LogP contribution >= 0.6 is 0 Å². The van der Waals surface area contributed by atoms with E-state index in [9.17, 15) is 9.90 Å². The summed E-state index contributed by atoms with van der Waals surface area (Å²) in [7, 11) is 0. The highest BCUT2D eigenvalue weighted by atomic mass is 16.5. The molecule has 1 heterocycles. The van der Waals surface area contributed by atoms with E-state index in [1.165, 1.54) is 11.6 Å². The van der Waals surface area contributed by atoms with Crippen LogP contribution < -0.4 is 10.1 Å². The molecule has 26 heavy (non-hydrogen) atoms. The van der Waals surface area contributed by atoms with Crippen molar-refractivity contribution in [2.45, 2.75) is 39.0 Å². The van der Waals surface area contributed by atoms with E-state index in [2.05, 4.69) is 26.1 Å². The molecule has 0 bridgehead atoms. The minimum Gasteiger partial charge on any atom is -0.507 e. The monoisotopic (exact) mass is 351 g/mol. The number of benzene rings is 2. The van der Waals surface area contributed by atoms with Crippen LogP contribution in [0.2, 0.25) is 0 Å². The number of aryl methyl sites for hydroxylation is 1. The Morgan fingerprint density at radius 3 is 2.58 bits per heavy atom. The average Bonchev–Trinajstić information content (AvgIpc) is 2.61. The summed E-state index contributed by atoms with van der Waals surface area (Å²) in [5, 5.41) is 13.0. The number of carbonyl (C=O) groups excluding carboxylic acids is 1. The van der Waals surface area contributed by atoms with Gasteiger partial charge in [-0.05, 0) is 35.4 Å². The number of hydrogen-bond acceptors (Lipinski definition) is 3. The Morgan fingerprint density at radius 2 is 1.88 bits per heavy atom. The second-order valence-corrected chi connectivity index (χ2v) is 7.62. The molecule has 0 radical (unpaired) electrons. The van der Waals surface area contributed by atoms with Crippen LogP contribution in [0.5, 0.6) is 5.75 Å². The number of rotatable bonds is 3. The van der Waals surface area contributed by atoms with E-state index < -0.39 is 0 Å². The predicted octanol–water partition coefficient (Wildman–Crippen LogP) is 4.85. The van der Waals surface area contributed by atoms with Crippen molar-refractivity contribution in [3.8, 4) is 5.75 Å². The normalized spacial score (nSPS) is 14.3. The number of fused-ring (bicyclic) bond motifs is 1.